The van der Waals surface area contributed by atoms with Crippen molar-refractivity contribution in [1.82, 2.24) is 0 Å². The molecule has 2 heterocycles. The van der Waals surface area contributed by atoms with E-state index < -0.39 is 11.9 Å². The summed E-state index contributed by atoms with van der Waals surface area (Å²) in [6.07, 6.45) is -0.907. The van der Waals surface area contributed by atoms with E-state index in [9.17, 15) is 4.79 Å². The van der Waals surface area contributed by atoms with E-state index in [2.05, 4.69) is 15.3 Å². The van der Waals surface area contributed by atoms with Crippen LogP contribution in [0.25, 0.3) is 21.8 Å². The molecule has 0 aliphatic carbocycles. The third-order valence-electron chi connectivity index (χ3n) is 3.82. The summed E-state index contributed by atoms with van der Waals surface area (Å²) in [4.78, 5) is 15.2. The summed E-state index contributed by atoms with van der Waals surface area (Å²) in [7, 11) is 0. The normalized spacial score (nSPS) is 14.5. The lowest BCUT2D eigenvalue weighted by atomic mass is 10.0. The Kier molecular flexibility index (Phi) is 3.61. The average Bonchev–Trinajstić information content (AvgIpc) is 2.64. The zero-order valence-corrected chi connectivity index (χ0v) is 12.9. The summed E-state index contributed by atoms with van der Waals surface area (Å²) >= 11 is 0. The lowest BCUT2D eigenvalue weighted by molar-refractivity contribution is 0.205. The van der Waals surface area contributed by atoms with Crippen LogP contribution in [0.15, 0.2) is 75.0 Å². The SMILES string of the molecule is [N-]=[N+]=NC1Oc2ccccc2-c2oc(=O)c(Nc3ccccc3)cc21. The molecule has 0 amide bonds. The highest BCUT2D eigenvalue weighted by atomic mass is 16.5. The molecule has 2 aromatic carbocycles. The van der Waals surface area contributed by atoms with E-state index in [1.807, 2.05) is 36.4 Å². The molecule has 1 aromatic heterocycles. The minimum absolute atomic E-state index is 0.242. The first-order chi connectivity index (χ1) is 12.3. The predicted octanol–water partition coefficient (Wildman–Crippen LogP) is 4.75. The highest BCUT2D eigenvalue weighted by molar-refractivity contribution is 5.73. The second kappa shape index (κ2) is 6.07. The van der Waals surface area contributed by atoms with Gasteiger partial charge >= 0.3 is 5.63 Å². The first kappa shape index (κ1) is 14.9. The third-order valence-corrected chi connectivity index (χ3v) is 3.82. The summed E-state index contributed by atoms with van der Waals surface area (Å²) in [6.45, 7) is 0. The molecule has 1 aliphatic rings. The fourth-order valence-electron chi connectivity index (χ4n) is 2.72. The van der Waals surface area contributed by atoms with Crippen LogP contribution in [0.4, 0.5) is 11.4 Å². The quantitative estimate of drug-likeness (QED) is 0.425. The van der Waals surface area contributed by atoms with Crippen LogP contribution in [0, 0.1) is 0 Å². The monoisotopic (exact) mass is 332 g/mol. The second-order valence-electron chi connectivity index (χ2n) is 5.39. The van der Waals surface area contributed by atoms with Gasteiger partial charge in [0.1, 0.15) is 17.2 Å². The molecule has 0 bridgehead atoms. The Morgan fingerprint density at radius 3 is 2.64 bits per heavy atom. The van der Waals surface area contributed by atoms with Gasteiger partial charge in [0.15, 0.2) is 0 Å². The lowest BCUT2D eigenvalue weighted by Crippen LogP contribution is -2.16. The van der Waals surface area contributed by atoms with E-state index in [0.717, 1.165) is 5.69 Å². The van der Waals surface area contributed by atoms with Gasteiger partial charge in [0.2, 0.25) is 6.23 Å². The molecule has 0 saturated heterocycles. The number of nitrogens with zero attached hydrogens (tertiary/aromatic N) is 3. The standard InChI is InChI=1S/C18H12N4O3/c19-22-21-17-13-10-14(20-11-6-2-1-3-7-11)18(23)25-16(13)12-8-4-5-9-15(12)24-17/h1-10,17,20H. The molecule has 1 atom stereocenters. The van der Waals surface area contributed by atoms with Crippen molar-refractivity contribution < 1.29 is 9.15 Å². The van der Waals surface area contributed by atoms with Crippen LogP contribution < -0.4 is 15.7 Å². The van der Waals surface area contributed by atoms with E-state index in [1.165, 1.54) is 0 Å². The summed E-state index contributed by atoms with van der Waals surface area (Å²) in [5.74, 6) is 0.849. The number of benzene rings is 2. The van der Waals surface area contributed by atoms with E-state index in [0.29, 0.717) is 22.6 Å². The van der Waals surface area contributed by atoms with Gasteiger partial charge in [0.05, 0.1) is 5.56 Å². The Morgan fingerprint density at radius 2 is 1.84 bits per heavy atom. The van der Waals surface area contributed by atoms with Crippen LogP contribution in [-0.4, -0.2) is 0 Å². The smallest absolute Gasteiger partial charge is 0.360 e. The molecule has 3 aromatic rings. The predicted molar refractivity (Wildman–Crippen MR) is 92.7 cm³/mol. The molecule has 0 spiro atoms. The number of azide groups is 1. The number of para-hydroxylation sites is 2. The van der Waals surface area contributed by atoms with Gasteiger partial charge in [-0.15, -0.1) is 0 Å². The van der Waals surface area contributed by atoms with E-state index in [1.54, 1.807) is 24.3 Å². The summed E-state index contributed by atoms with van der Waals surface area (Å²) in [6, 6.07) is 18.0. The molecular formula is C18H12N4O3. The topological polar surface area (TPSA) is 100 Å². The van der Waals surface area contributed by atoms with Crippen molar-refractivity contribution >= 4 is 11.4 Å². The fraction of sp³-hybridized carbons (Fsp3) is 0.0556. The minimum atomic E-state index is -0.907. The first-order valence-electron chi connectivity index (χ1n) is 7.56. The van der Waals surface area contributed by atoms with Gasteiger partial charge in [0.25, 0.3) is 0 Å². The molecule has 7 heteroatoms. The molecular weight excluding hydrogens is 320 g/mol. The number of rotatable bonds is 3. The third kappa shape index (κ3) is 2.69. The maximum Gasteiger partial charge on any atom is 0.360 e. The Hall–Kier alpha value is -3.70. The molecule has 1 N–H and O–H groups in total. The van der Waals surface area contributed by atoms with Gasteiger partial charge in [-0.25, -0.2) is 4.79 Å². The molecule has 25 heavy (non-hydrogen) atoms. The van der Waals surface area contributed by atoms with Gasteiger partial charge in [-0.1, -0.05) is 30.3 Å². The number of nitrogens with one attached hydrogen (secondary N) is 1. The van der Waals surface area contributed by atoms with Crippen LogP contribution >= 0.6 is 0 Å². The van der Waals surface area contributed by atoms with Crippen molar-refractivity contribution in [3.05, 3.63) is 87.1 Å². The first-order valence-corrected chi connectivity index (χ1v) is 7.56. The van der Waals surface area contributed by atoms with Gasteiger partial charge in [-0.3, -0.25) is 0 Å². The zero-order chi connectivity index (χ0) is 17.2. The van der Waals surface area contributed by atoms with Crippen molar-refractivity contribution in [2.75, 3.05) is 5.32 Å². The van der Waals surface area contributed by atoms with Gasteiger partial charge < -0.3 is 14.5 Å². The van der Waals surface area contributed by atoms with E-state index in [4.69, 9.17) is 14.7 Å². The van der Waals surface area contributed by atoms with Crippen molar-refractivity contribution in [2.24, 2.45) is 5.11 Å². The number of ether oxygens (including phenoxy) is 1. The maximum atomic E-state index is 12.4. The maximum absolute atomic E-state index is 12.4. The molecule has 1 unspecified atom stereocenters. The van der Waals surface area contributed by atoms with Gasteiger partial charge in [-0.05, 0) is 41.0 Å². The van der Waals surface area contributed by atoms with E-state index in [-0.39, 0.29) is 5.69 Å². The Bertz CT molecular complexity index is 1040. The molecule has 0 fully saturated rings. The summed E-state index contributed by atoms with van der Waals surface area (Å²) < 4.78 is 11.3. The van der Waals surface area contributed by atoms with Crippen LogP contribution in [0.2, 0.25) is 0 Å². The molecule has 1 aliphatic heterocycles. The molecule has 0 radical (unpaired) electrons. The highest BCUT2D eigenvalue weighted by Crippen LogP contribution is 2.42. The second-order valence-corrected chi connectivity index (χ2v) is 5.39. The summed E-state index contributed by atoms with van der Waals surface area (Å²) in [5.41, 5.74) is 10.4. The summed E-state index contributed by atoms with van der Waals surface area (Å²) in [5, 5.41) is 6.68. The molecule has 7 nitrogen and oxygen atoms in total. The molecule has 0 saturated carbocycles. The zero-order valence-electron chi connectivity index (χ0n) is 12.9. The fourth-order valence-corrected chi connectivity index (χ4v) is 2.72. The number of hydrogen-bond donors (Lipinski definition) is 1. The van der Waals surface area contributed by atoms with Crippen LogP contribution in [-0.2, 0) is 0 Å². The van der Waals surface area contributed by atoms with E-state index >= 15 is 0 Å². The van der Waals surface area contributed by atoms with Crippen molar-refractivity contribution in [1.29, 1.82) is 0 Å². The van der Waals surface area contributed by atoms with Crippen LogP contribution in [0.1, 0.15) is 11.8 Å². The van der Waals surface area contributed by atoms with Gasteiger partial charge in [0, 0.05) is 16.2 Å². The largest absolute Gasteiger partial charge is 0.479 e. The van der Waals surface area contributed by atoms with Crippen molar-refractivity contribution in [3.8, 4) is 17.1 Å². The lowest BCUT2D eigenvalue weighted by Gasteiger charge is -2.24. The Morgan fingerprint density at radius 1 is 1.08 bits per heavy atom. The van der Waals surface area contributed by atoms with Crippen molar-refractivity contribution in [3.63, 3.8) is 0 Å². The number of fused-ring (bicyclic) bond motifs is 3. The number of hydrogen-bond acceptors (Lipinski definition) is 5. The van der Waals surface area contributed by atoms with Gasteiger partial charge in [-0.2, -0.15) is 0 Å². The Labute approximate surface area is 142 Å². The van der Waals surface area contributed by atoms with Crippen molar-refractivity contribution in [2.45, 2.75) is 6.23 Å². The van der Waals surface area contributed by atoms with Crippen LogP contribution in [0.5, 0.6) is 5.75 Å². The number of anilines is 2. The van der Waals surface area contributed by atoms with Crippen LogP contribution in [0.3, 0.4) is 0 Å². The minimum Gasteiger partial charge on any atom is -0.479 e. The molecule has 122 valence electrons. The average molecular weight is 332 g/mol. The molecule has 4 rings (SSSR count). The Balaban J connectivity index is 1.86. The highest BCUT2D eigenvalue weighted by Gasteiger charge is 2.28.